The number of rotatable bonds is 10. The van der Waals surface area contributed by atoms with Crippen LogP contribution in [0, 0.1) is 5.41 Å². The molecule has 32 heavy (non-hydrogen) atoms. The van der Waals surface area contributed by atoms with Crippen molar-refractivity contribution in [2.75, 3.05) is 26.3 Å². The molecule has 0 spiro atoms. The summed E-state index contributed by atoms with van der Waals surface area (Å²) < 4.78 is 0. The zero-order valence-corrected chi connectivity index (χ0v) is 21.1. The van der Waals surface area contributed by atoms with Crippen LogP contribution in [0.4, 0.5) is 0 Å². The van der Waals surface area contributed by atoms with Crippen molar-refractivity contribution in [3.05, 3.63) is 91.0 Å². The van der Waals surface area contributed by atoms with Crippen molar-refractivity contribution >= 4 is 42.6 Å². The normalized spacial score (nSPS) is 16.0. The molecule has 1 aliphatic rings. The van der Waals surface area contributed by atoms with E-state index >= 15 is 0 Å². The van der Waals surface area contributed by atoms with E-state index in [9.17, 15) is 4.79 Å². The van der Waals surface area contributed by atoms with Crippen molar-refractivity contribution in [3.63, 3.8) is 0 Å². The minimum absolute atomic E-state index is 0.188. The van der Waals surface area contributed by atoms with E-state index in [1.54, 1.807) is 0 Å². The van der Waals surface area contributed by atoms with Crippen molar-refractivity contribution in [1.82, 2.24) is 10.6 Å². The Morgan fingerprint density at radius 2 is 1.28 bits per heavy atom. The molecule has 3 nitrogen and oxygen atoms in total. The fraction of sp³-hybridized carbons (Fsp3) is 0.296. The van der Waals surface area contributed by atoms with E-state index in [1.807, 2.05) is 7.05 Å². The molecule has 0 atom stereocenters. The average molecular weight is 511 g/mol. The maximum atomic E-state index is 12.8. The molecule has 1 fully saturated rings. The van der Waals surface area contributed by atoms with Gasteiger partial charge in [0, 0.05) is 0 Å². The summed E-state index contributed by atoms with van der Waals surface area (Å²) in [5, 5.41) is 7.45. The van der Waals surface area contributed by atoms with Crippen molar-refractivity contribution in [3.8, 4) is 0 Å². The molecule has 1 aliphatic carbocycles. The first-order chi connectivity index (χ1) is 15.5. The minimum atomic E-state index is -2.91. The Hall–Kier alpha value is -2.00. The Bertz CT molecular complexity index is 940. The third-order valence-electron chi connectivity index (χ3n) is 6.77. The summed E-state index contributed by atoms with van der Waals surface area (Å²) in [5.74, 6) is 0.195. The molecule has 0 unspecified atom stereocenters. The Morgan fingerprint density at radius 1 is 0.844 bits per heavy atom. The molecule has 168 valence electrons. The summed E-state index contributed by atoms with van der Waals surface area (Å²) in [6.07, 6.45) is 3.79. The second-order valence-corrected chi connectivity index (χ2v) is 17.9. The topological polar surface area (TPSA) is 41.1 Å². The second kappa shape index (κ2) is 9.47. The number of hydrogen-bond acceptors (Lipinski definition) is 2. The van der Waals surface area contributed by atoms with Crippen molar-refractivity contribution in [2.45, 2.75) is 19.3 Å². The molecule has 2 N–H and O–H groups in total. The van der Waals surface area contributed by atoms with Crippen LogP contribution in [-0.2, 0) is 4.79 Å². The fourth-order valence-electron chi connectivity index (χ4n) is 4.79. The Kier molecular flexibility index (Phi) is 6.86. The standard InChI is InChI=1S/C27H32BrN2OP/c1-29-22-27(18-19-27)26(31)30-20-11-21-32(28,23-12-5-2-6-13-23,24-14-7-3-8-15-24)25-16-9-4-10-17-25/h2-10,12-17,29H,11,18-22H2,1H3,(H,30,31). The number of carbonyl (C=O) groups is 1. The first-order valence-corrected chi connectivity index (χ1v) is 15.8. The summed E-state index contributed by atoms with van der Waals surface area (Å²) in [5.41, 5.74) is -0.188. The molecule has 0 bridgehead atoms. The Labute approximate surface area is 199 Å². The quantitative estimate of drug-likeness (QED) is 0.314. The molecule has 1 saturated carbocycles. The monoisotopic (exact) mass is 510 g/mol. The predicted molar refractivity (Wildman–Crippen MR) is 142 cm³/mol. The van der Waals surface area contributed by atoms with Gasteiger partial charge < -0.3 is 0 Å². The van der Waals surface area contributed by atoms with Gasteiger partial charge in [-0.1, -0.05) is 0 Å². The number of carbonyl (C=O) groups excluding carboxylic acids is 1. The van der Waals surface area contributed by atoms with Gasteiger partial charge in [-0.15, -0.1) is 0 Å². The van der Waals surface area contributed by atoms with Crippen molar-refractivity contribution < 1.29 is 4.79 Å². The number of amides is 1. The fourth-order valence-corrected chi connectivity index (χ4v) is 12.5. The van der Waals surface area contributed by atoms with Gasteiger partial charge in [-0.3, -0.25) is 0 Å². The number of halogens is 1. The first-order valence-electron chi connectivity index (χ1n) is 11.4. The Morgan fingerprint density at radius 3 is 1.66 bits per heavy atom. The van der Waals surface area contributed by atoms with Crippen LogP contribution in [0.5, 0.6) is 0 Å². The molecular weight excluding hydrogens is 479 g/mol. The van der Waals surface area contributed by atoms with E-state index < -0.39 is 5.31 Å². The SMILES string of the molecule is CNCC1(C(=O)NCCCP(Br)(c2ccccc2)(c2ccccc2)c2ccccc2)CC1. The molecule has 0 saturated heterocycles. The van der Waals surface area contributed by atoms with Gasteiger partial charge in [0.25, 0.3) is 0 Å². The van der Waals surface area contributed by atoms with E-state index in [1.165, 1.54) is 15.9 Å². The summed E-state index contributed by atoms with van der Waals surface area (Å²) in [6.45, 7) is 1.44. The van der Waals surface area contributed by atoms with E-state index in [-0.39, 0.29) is 11.3 Å². The van der Waals surface area contributed by atoms with Crippen molar-refractivity contribution in [1.29, 1.82) is 0 Å². The summed E-state index contributed by atoms with van der Waals surface area (Å²) in [6, 6.07) is 32.5. The van der Waals surface area contributed by atoms with Gasteiger partial charge in [-0.2, -0.15) is 0 Å². The maximum absolute atomic E-state index is 12.8. The number of hydrogen-bond donors (Lipinski definition) is 2. The number of benzene rings is 3. The van der Waals surface area contributed by atoms with Gasteiger partial charge >= 0.3 is 200 Å². The van der Waals surface area contributed by atoms with Crippen LogP contribution < -0.4 is 26.5 Å². The molecule has 0 aromatic heterocycles. The van der Waals surface area contributed by atoms with Gasteiger partial charge in [-0.25, -0.2) is 0 Å². The van der Waals surface area contributed by atoms with Crippen molar-refractivity contribution in [2.24, 2.45) is 5.41 Å². The molecule has 5 heteroatoms. The number of nitrogens with one attached hydrogen (secondary N) is 2. The van der Waals surface area contributed by atoms with Gasteiger partial charge in [0.1, 0.15) is 0 Å². The molecule has 0 heterocycles. The van der Waals surface area contributed by atoms with Crippen LogP contribution in [-0.4, -0.2) is 32.2 Å². The van der Waals surface area contributed by atoms with Gasteiger partial charge in [0.2, 0.25) is 0 Å². The van der Waals surface area contributed by atoms with Crippen LogP contribution in [0.2, 0.25) is 0 Å². The summed E-state index contributed by atoms with van der Waals surface area (Å²) >= 11 is 4.47. The average Bonchev–Trinajstić information content (AvgIpc) is 3.64. The van der Waals surface area contributed by atoms with Crippen LogP contribution in [0.1, 0.15) is 19.3 Å². The first kappa shape index (κ1) is 23.2. The molecular formula is C27H32BrN2OP. The predicted octanol–water partition coefficient (Wildman–Crippen LogP) is 4.33. The van der Waals surface area contributed by atoms with E-state index in [2.05, 4.69) is 117 Å². The summed E-state index contributed by atoms with van der Waals surface area (Å²) in [7, 11) is 1.92. The van der Waals surface area contributed by atoms with Gasteiger partial charge in [0.15, 0.2) is 0 Å². The summed E-state index contributed by atoms with van der Waals surface area (Å²) in [4.78, 5) is 12.8. The van der Waals surface area contributed by atoms with Crippen LogP contribution in [0.15, 0.2) is 91.0 Å². The molecule has 1 amide bonds. The zero-order chi connectivity index (χ0) is 22.5. The van der Waals surface area contributed by atoms with Crippen LogP contribution in [0.25, 0.3) is 0 Å². The molecule has 0 radical (unpaired) electrons. The third-order valence-corrected chi connectivity index (χ3v) is 16.8. The molecule has 0 aliphatic heterocycles. The molecule has 4 rings (SSSR count). The Balaban J connectivity index is 1.68. The van der Waals surface area contributed by atoms with Gasteiger partial charge in [0.05, 0.1) is 0 Å². The van der Waals surface area contributed by atoms with E-state index in [0.29, 0.717) is 6.54 Å². The van der Waals surface area contributed by atoms with Crippen LogP contribution >= 0.6 is 20.8 Å². The van der Waals surface area contributed by atoms with E-state index in [0.717, 1.165) is 32.0 Å². The molecule has 3 aromatic carbocycles. The van der Waals surface area contributed by atoms with Gasteiger partial charge in [-0.05, 0) is 0 Å². The third kappa shape index (κ3) is 4.17. The van der Waals surface area contributed by atoms with Crippen LogP contribution in [0.3, 0.4) is 0 Å². The molecule has 3 aromatic rings. The van der Waals surface area contributed by atoms with E-state index in [4.69, 9.17) is 0 Å². The second-order valence-electron chi connectivity index (χ2n) is 8.83. The zero-order valence-electron chi connectivity index (χ0n) is 18.6.